The second-order valence-electron chi connectivity index (χ2n) is 5.53. The van der Waals surface area contributed by atoms with E-state index < -0.39 is 0 Å². The van der Waals surface area contributed by atoms with Crippen molar-refractivity contribution in [3.05, 3.63) is 11.9 Å². The molecule has 0 amide bonds. The molecule has 1 heterocycles. The van der Waals surface area contributed by atoms with Crippen molar-refractivity contribution in [3.63, 3.8) is 0 Å². The van der Waals surface area contributed by atoms with Crippen LogP contribution in [0, 0.1) is 11.8 Å². The van der Waals surface area contributed by atoms with E-state index in [1.165, 1.54) is 5.70 Å². The zero-order valence-corrected chi connectivity index (χ0v) is 11.1. The fraction of sp³-hybridized carbons (Fsp3) is 0.833. The highest BCUT2D eigenvalue weighted by molar-refractivity contribution is 5.07. The Morgan fingerprint density at radius 1 is 1.20 bits per heavy atom. The monoisotopic (exact) mass is 211 g/mol. The van der Waals surface area contributed by atoms with E-state index in [1.807, 2.05) is 0 Å². The van der Waals surface area contributed by atoms with Crippen LogP contribution < -0.4 is 5.43 Å². The molecule has 0 saturated heterocycles. The van der Waals surface area contributed by atoms with Crippen LogP contribution in [0.25, 0.3) is 0 Å². The zero-order chi connectivity index (χ0) is 11.8. The van der Waals surface area contributed by atoms with E-state index in [-0.39, 0.29) is 5.54 Å². The topological polar surface area (TPSA) is 18.5 Å². The fourth-order valence-electron chi connectivity index (χ4n) is 1.58. The van der Waals surface area contributed by atoms with E-state index in [4.69, 9.17) is 0 Å². The van der Waals surface area contributed by atoms with Crippen molar-refractivity contribution in [1.29, 1.82) is 0 Å². The number of rotatable bonds is 3. The minimum Gasteiger partial charge on any atom is -0.304 e. The van der Waals surface area contributed by atoms with Crippen LogP contribution in [0.4, 0.5) is 0 Å². The van der Waals surface area contributed by atoms with Gasteiger partial charge < -0.3 is 5.43 Å². The van der Waals surface area contributed by atoms with Crippen molar-refractivity contribution < 1.29 is 0 Å². The van der Waals surface area contributed by atoms with E-state index in [1.54, 1.807) is 0 Å². The fourth-order valence-corrected chi connectivity index (χ4v) is 1.58. The van der Waals surface area contributed by atoms with Crippen LogP contribution >= 0.6 is 0 Å². The molecule has 0 aromatic rings. The lowest BCUT2D eigenvalue weighted by atomic mass is 9.90. The predicted molar refractivity (Wildman–Crippen MR) is 64.6 cm³/mol. The molecule has 3 nitrogen and oxygen atoms in total. The third-order valence-electron chi connectivity index (χ3n) is 3.50. The molecule has 0 bridgehead atoms. The molecule has 15 heavy (non-hydrogen) atoms. The van der Waals surface area contributed by atoms with Gasteiger partial charge >= 0.3 is 0 Å². The van der Waals surface area contributed by atoms with Gasteiger partial charge in [-0.05, 0) is 25.7 Å². The lowest BCUT2D eigenvalue weighted by Gasteiger charge is -2.42. The number of allylic oxidation sites excluding steroid dienone is 1. The molecule has 1 aliphatic rings. The summed E-state index contributed by atoms with van der Waals surface area (Å²) in [5.74, 6) is 1.14. The van der Waals surface area contributed by atoms with Gasteiger partial charge in [0, 0.05) is 18.9 Å². The highest BCUT2D eigenvalue weighted by Crippen LogP contribution is 2.29. The molecular weight excluding hydrogens is 186 g/mol. The number of nitrogens with zero attached hydrogens (tertiary/aromatic N) is 2. The Balaban J connectivity index is 2.88. The van der Waals surface area contributed by atoms with Gasteiger partial charge in [0.15, 0.2) is 0 Å². The molecule has 1 N–H and O–H groups in total. The first kappa shape index (κ1) is 12.4. The van der Waals surface area contributed by atoms with E-state index in [0.29, 0.717) is 11.8 Å². The van der Waals surface area contributed by atoms with Gasteiger partial charge in [0.05, 0.1) is 5.54 Å². The first-order chi connectivity index (χ1) is 6.76. The summed E-state index contributed by atoms with van der Waals surface area (Å²) in [7, 11) is 2.07. The summed E-state index contributed by atoms with van der Waals surface area (Å²) in [5.41, 5.74) is 4.81. The molecule has 0 aromatic heterocycles. The van der Waals surface area contributed by atoms with Crippen LogP contribution in [0.3, 0.4) is 0 Å². The standard InChI is InChI=1S/C12H25N3/c1-9(2)11-8-15(14(7)13-11)12(5,6)10(3)4/h8-10,13H,1-7H3. The highest BCUT2D eigenvalue weighted by Gasteiger charge is 2.34. The van der Waals surface area contributed by atoms with Crippen molar-refractivity contribution in [2.24, 2.45) is 11.8 Å². The molecule has 88 valence electrons. The zero-order valence-electron chi connectivity index (χ0n) is 11.1. The van der Waals surface area contributed by atoms with Crippen LogP contribution in [0.2, 0.25) is 0 Å². The third-order valence-corrected chi connectivity index (χ3v) is 3.50. The van der Waals surface area contributed by atoms with Gasteiger partial charge in [-0.15, -0.1) is 5.12 Å². The molecule has 1 aliphatic heterocycles. The molecule has 0 fully saturated rings. The maximum Gasteiger partial charge on any atom is 0.0544 e. The summed E-state index contributed by atoms with van der Waals surface area (Å²) in [4.78, 5) is 0. The van der Waals surface area contributed by atoms with Crippen LogP contribution in [-0.4, -0.2) is 22.7 Å². The second-order valence-corrected chi connectivity index (χ2v) is 5.53. The summed E-state index contributed by atoms with van der Waals surface area (Å²) in [6.45, 7) is 13.5. The van der Waals surface area contributed by atoms with Gasteiger partial charge in [0.2, 0.25) is 0 Å². The SMILES string of the molecule is CC(C)C1=CN(C(C)(C)C(C)C)N(C)N1. The maximum atomic E-state index is 3.38. The van der Waals surface area contributed by atoms with E-state index in [9.17, 15) is 0 Å². The molecule has 0 spiro atoms. The summed E-state index contributed by atoms with van der Waals surface area (Å²) in [6, 6.07) is 0. The molecule has 0 radical (unpaired) electrons. The number of hydrogen-bond acceptors (Lipinski definition) is 3. The number of hydrazine groups is 2. The normalized spacial score (nSPS) is 18.7. The van der Waals surface area contributed by atoms with E-state index in [0.717, 1.165) is 0 Å². The van der Waals surface area contributed by atoms with Gasteiger partial charge in [-0.2, -0.15) is 0 Å². The van der Waals surface area contributed by atoms with Gasteiger partial charge in [-0.3, -0.25) is 5.01 Å². The smallest absolute Gasteiger partial charge is 0.0544 e. The molecular formula is C12H25N3. The molecule has 0 aromatic carbocycles. The minimum atomic E-state index is 0.137. The predicted octanol–water partition coefficient (Wildman–Crippen LogP) is 2.59. The van der Waals surface area contributed by atoms with Crippen molar-refractivity contribution in [2.75, 3.05) is 7.05 Å². The van der Waals surface area contributed by atoms with Crippen molar-refractivity contribution in [2.45, 2.75) is 47.1 Å². The number of nitrogens with one attached hydrogen (secondary N) is 1. The molecule has 0 saturated carbocycles. The lowest BCUT2D eigenvalue weighted by Crippen LogP contribution is -2.53. The number of hydrogen-bond donors (Lipinski definition) is 1. The quantitative estimate of drug-likeness (QED) is 0.774. The van der Waals surface area contributed by atoms with Crippen LogP contribution in [-0.2, 0) is 0 Å². The highest BCUT2D eigenvalue weighted by atomic mass is 15.8. The average Bonchev–Trinajstić information content (AvgIpc) is 2.47. The Morgan fingerprint density at radius 2 is 1.73 bits per heavy atom. The Kier molecular flexibility index (Phi) is 3.34. The van der Waals surface area contributed by atoms with Gasteiger partial charge in [0.1, 0.15) is 0 Å². The lowest BCUT2D eigenvalue weighted by molar-refractivity contribution is -0.0633. The maximum absolute atomic E-state index is 3.38. The van der Waals surface area contributed by atoms with Crippen molar-refractivity contribution in [1.82, 2.24) is 15.6 Å². The summed E-state index contributed by atoms with van der Waals surface area (Å²) >= 11 is 0. The van der Waals surface area contributed by atoms with Gasteiger partial charge in [0.25, 0.3) is 0 Å². The van der Waals surface area contributed by atoms with Crippen LogP contribution in [0.15, 0.2) is 11.9 Å². The van der Waals surface area contributed by atoms with E-state index in [2.05, 4.69) is 70.3 Å². The molecule has 1 rings (SSSR count). The molecule has 0 atom stereocenters. The van der Waals surface area contributed by atoms with E-state index >= 15 is 0 Å². The average molecular weight is 211 g/mol. The first-order valence-corrected chi connectivity index (χ1v) is 5.78. The van der Waals surface area contributed by atoms with Crippen molar-refractivity contribution >= 4 is 0 Å². The van der Waals surface area contributed by atoms with Crippen molar-refractivity contribution in [3.8, 4) is 0 Å². The summed E-state index contributed by atoms with van der Waals surface area (Å²) in [5, 5.41) is 4.36. The Morgan fingerprint density at radius 3 is 2.07 bits per heavy atom. The second kappa shape index (κ2) is 4.05. The van der Waals surface area contributed by atoms with Gasteiger partial charge in [-0.25, -0.2) is 0 Å². The molecule has 0 unspecified atom stereocenters. The first-order valence-electron chi connectivity index (χ1n) is 5.78. The van der Waals surface area contributed by atoms with Crippen LogP contribution in [0.5, 0.6) is 0 Å². The van der Waals surface area contributed by atoms with Crippen LogP contribution in [0.1, 0.15) is 41.5 Å². The largest absolute Gasteiger partial charge is 0.304 e. The minimum absolute atomic E-state index is 0.137. The molecule has 0 aliphatic carbocycles. The Labute approximate surface area is 94.1 Å². The van der Waals surface area contributed by atoms with Gasteiger partial charge in [-0.1, -0.05) is 27.7 Å². The third kappa shape index (κ3) is 2.28. The Bertz CT molecular complexity index is 254. The summed E-state index contributed by atoms with van der Waals surface area (Å²) in [6.07, 6.45) is 2.23. The Hall–Kier alpha value is -0.700. The summed E-state index contributed by atoms with van der Waals surface area (Å²) < 4.78 is 0. The molecule has 3 heteroatoms.